The maximum atomic E-state index is 12.5. The van der Waals surface area contributed by atoms with Gasteiger partial charge in [0.25, 0.3) is 0 Å². The van der Waals surface area contributed by atoms with Crippen LogP contribution in [0.1, 0.15) is 20.3 Å². The lowest BCUT2D eigenvalue weighted by molar-refractivity contribution is -0.171. The molecule has 1 atom stereocenters. The van der Waals surface area contributed by atoms with Crippen LogP contribution >= 0.6 is 0 Å². The molecule has 0 saturated heterocycles. The first-order valence-corrected chi connectivity index (χ1v) is 5.21. The third-order valence-electron chi connectivity index (χ3n) is 1.70. The molecular formula is C9H15F3N2O4. The van der Waals surface area contributed by atoms with Crippen LogP contribution in [0, 0.1) is 0 Å². The molecule has 0 radical (unpaired) electrons. The van der Waals surface area contributed by atoms with E-state index in [4.69, 9.17) is 0 Å². The van der Waals surface area contributed by atoms with Crippen molar-refractivity contribution in [3.8, 4) is 0 Å². The second kappa shape index (κ2) is 7.75. The molecule has 0 spiro atoms. The van der Waals surface area contributed by atoms with Gasteiger partial charge in [-0.1, -0.05) is 0 Å². The molecule has 0 aliphatic carbocycles. The lowest BCUT2D eigenvalue weighted by Gasteiger charge is -2.20. The Morgan fingerprint density at radius 1 is 1.17 bits per heavy atom. The summed E-state index contributed by atoms with van der Waals surface area (Å²) in [5, 5.41) is 0. The molecule has 106 valence electrons. The second-order valence-electron chi connectivity index (χ2n) is 3.09. The molecule has 0 aliphatic heterocycles. The predicted octanol–water partition coefficient (Wildman–Crippen LogP) is 1.12. The number of amides is 1. The summed E-state index contributed by atoms with van der Waals surface area (Å²) in [6.45, 7) is 2.97. The summed E-state index contributed by atoms with van der Waals surface area (Å²) in [4.78, 5) is 21.8. The van der Waals surface area contributed by atoms with Gasteiger partial charge in [-0.05, 0) is 13.8 Å². The highest BCUT2D eigenvalue weighted by Crippen LogP contribution is 2.22. The fourth-order valence-electron chi connectivity index (χ4n) is 0.948. The molecular weight excluding hydrogens is 257 g/mol. The fraction of sp³-hybridized carbons (Fsp3) is 0.778. The number of hydrogen-bond donors (Lipinski definition) is 2. The molecule has 18 heavy (non-hydrogen) atoms. The van der Waals surface area contributed by atoms with Crippen LogP contribution in [0.4, 0.5) is 18.0 Å². The van der Waals surface area contributed by atoms with Crippen LogP contribution in [0.15, 0.2) is 0 Å². The smallest absolute Gasteiger partial charge is 0.421 e. The number of alkyl halides is 3. The minimum atomic E-state index is -4.70. The quantitative estimate of drug-likeness (QED) is 0.559. The van der Waals surface area contributed by atoms with Gasteiger partial charge < -0.3 is 9.47 Å². The van der Waals surface area contributed by atoms with E-state index in [0.717, 1.165) is 0 Å². The molecule has 0 bridgehead atoms. The number of hydrazine groups is 1. The minimum Gasteiger partial charge on any atom is -0.466 e. The van der Waals surface area contributed by atoms with Gasteiger partial charge in [0, 0.05) is 0 Å². The Morgan fingerprint density at radius 3 is 2.17 bits per heavy atom. The van der Waals surface area contributed by atoms with Crippen molar-refractivity contribution < 1.29 is 32.2 Å². The third-order valence-corrected chi connectivity index (χ3v) is 1.70. The fourth-order valence-corrected chi connectivity index (χ4v) is 0.948. The summed E-state index contributed by atoms with van der Waals surface area (Å²) >= 11 is 0. The van der Waals surface area contributed by atoms with Gasteiger partial charge in [0.2, 0.25) is 0 Å². The molecule has 9 heteroatoms. The number of carbonyl (C=O) groups excluding carboxylic acids is 2. The number of nitrogens with one attached hydrogen (secondary N) is 2. The molecule has 0 aromatic heterocycles. The van der Waals surface area contributed by atoms with E-state index in [1.807, 2.05) is 0 Å². The van der Waals surface area contributed by atoms with E-state index in [0.29, 0.717) is 0 Å². The Hall–Kier alpha value is -1.51. The van der Waals surface area contributed by atoms with E-state index >= 15 is 0 Å². The number of hydrogen-bond acceptors (Lipinski definition) is 5. The van der Waals surface area contributed by atoms with Crippen molar-refractivity contribution in [1.29, 1.82) is 0 Å². The third kappa shape index (κ3) is 6.94. The van der Waals surface area contributed by atoms with Crippen molar-refractivity contribution in [2.45, 2.75) is 32.5 Å². The maximum Gasteiger partial charge on any atom is 0.421 e. The average molecular weight is 272 g/mol. The summed E-state index contributed by atoms with van der Waals surface area (Å²) in [5.74, 6) is -1.02. The van der Waals surface area contributed by atoms with Gasteiger partial charge in [-0.25, -0.2) is 10.2 Å². The first kappa shape index (κ1) is 16.5. The van der Waals surface area contributed by atoms with Gasteiger partial charge in [0.1, 0.15) is 6.04 Å². The summed E-state index contributed by atoms with van der Waals surface area (Å²) < 4.78 is 46.2. The molecule has 0 aromatic rings. The molecule has 1 unspecified atom stereocenters. The van der Waals surface area contributed by atoms with Gasteiger partial charge in [-0.15, -0.1) is 0 Å². The SMILES string of the molecule is CCOC(=O)CC(NNC(=O)OCC)C(F)(F)F. The highest BCUT2D eigenvalue weighted by atomic mass is 19.4. The number of esters is 1. The van der Waals surface area contributed by atoms with Crippen molar-refractivity contribution in [3.63, 3.8) is 0 Å². The second-order valence-corrected chi connectivity index (χ2v) is 3.09. The van der Waals surface area contributed by atoms with E-state index in [1.54, 1.807) is 10.9 Å². The van der Waals surface area contributed by atoms with Gasteiger partial charge in [0.15, 0.2) is 0 Å². The minimum absolute atomic E-state index is 0.0159. The van der Waals surface area contributed by atoms with Gasteiger partial charge in [-0.3, -0.25) is 10.2 Å². The van der Waals surface area contributed by atoms with Crippen LogP contribution in [0.25, 0.3) is 0 Å². The van der Waals surface area contributed by atoms with E-state index in [2.05, 4.69) is 9.47 Å². The van der Waals surface area contributed by atoms with Crippen LogP contribution in [0.5, 0.6) is 0 Å². The van der Waals surface area contributed by atoms with Crippen LogP contribution in [0.2, 0.25) is 0 Å². The standard InChI is InChI=1S/C9H15F3N2O4/c1-3-17-7(15)5-6(9(10,11)12)13-14-8(16)18-4-2/h6,13H,3-5H2,1-2H3,(H,14,16). The molecule has 0 aliphatic rings. The molecule has 6 nitrogen and oxygen atoms in total. The maximum absolute atomic E-state index is 12.5. The lowest BCUT2D eigenvalue weighted by atomic mass is 10.2. The van der Waals surface area contributed by atoms with Crippen molar-refractivity contribution >= 4 is 12.1 Å². The summed E-state index contributed by atoms with van der Waals surface area (Å²) in [6, 6.07) is -2.24. The highest BCUT2D eigenvalue weighted by Gasteiger charge is 2.41. The zero-order valence-electron chi connectivity index (χ0n) is 9.97. The van der Waals surface area contributed by atoms with Crippen LogP contribution < -0.4 is 10.9 Å². The molecule has 0 saturated carbocycles. The zero-order valence-corrected chi connectivity index (χ0v) is 9.97. The van der Waals surface area contributed by atoms with Gasteiger partial charge in [-0.2, -0.15) is 13.2 Å². The van der Waals surface area contributed by atoms with Crippen molar-refractivity contribution in [2.75, 3.05) is 13.2 Å². The van der Waals surface area contributed by atoms with E-state index in [9.17, 15) is 22.8 Å². The molecule has 0 rings (SSSR count). The van der Waals surface area contributed by atoms with Crippen LogP contribution in [-0.4, -0.2) is 37.5 Å². The Bertz CT molecular complexity index is 283. The van der Waals surface area contributed by atoms with Crippen molar-refractivity contribution in [2.24, 2.45) is 0 Å². The van der Waals surface area contributed by atoms with E-state index in [1.165, 1.54) is 13.8 Å². The number of carbonyl (C=O) groups is 2. The van der Waals surface area contributed by atoms with Crippen molar-refractivity contribution in [3.05, 3.63) is 0 Å². The van der Waals surface area contributed by atoms with Crippen molar-refractivity contribution in [1.82, 2.24) is 10.9 Å². The topological polar surface area (TPSA) is 76.7 Å². The Kier molecular flexibility index (Phi) is 7.10. The highest BCUT2D eigenvalue weighted by molar-refractivity contribution is 5.70. The monoisotopic (exact) mass is 272 g/mol. The number of ether oxygens (including phenoxy) is 2. The molecule has 0 fully saturated rings. The predicted molar refractivity (Wildman–Crippen MR) is 54.4 cm³/mol. The molecule has 1 amide bonds. The normalized spacial score (nSPS) is 12.7. The Labute approximate surface area is 102 Å². The first-order chi connectivity index (χ1) is 8.31. The van der Waals surface area contributed by atoms with E-state index in [-0.39, 0.29) is 13.2 Å². The number of halogens is 3. The molecule has 0 heterocycles. The molecule has 0 aromatic carbocycles. The zero-order chi connectivity index (χ0) is 14.2. The Morgan fingerprint density at radius 2 is 1.72 bits per heavy atom. The van der Waals surface area contributed by atoms with Gasteiger partial charge >= 0.3 is 18.2 Å². The van der Waals surface area contributed by atoms with E-state index < -0.39 is 30.7 Å². The van der Waals surface area contributed by atoms with Crippen LogP contribution in [-0.2, 0) is 14.3 Å². The largest absolute Gasteiger partial charge is 0.466 e. The summed E-state index contributed by atoms with van der Waals surface area (Å²) in [6.07, 6.45) is -6.70. The van der Waals surface area contributed by atoms with Gasteiger partial charge in [0.05, 0.1) is 19.6 Å². The summed E-state index contributed by atoms with van der Waals surface area (Å²) in [5.41, 5.74) is 3.38. The summed E-state index contributed by atoms with van der Waals surface area (Å²) in [7, 11) is 0. The Balaban J connectivity index is 4.33. The van der Waals surface area contributed by atoms with Crippen LogP contribution in [0.3, 0.4) is 0 Å². The first-order valence-electron chi connectivity index (χ1n) is 5.21. The number of rotatable bonds is 6. The lowest BCUT2D eigenvalue weighted by Crippen LogP contribution is -2.52. The molecule has 2 N–H and O–H groups in total. The average Bonchev–Trinajstić information content (AvgIpc) is 2.23.